The summed E-state index contributed by atoms with van der Waals surface area (Å²) in [6.45, 7) is 4.23. The molecule has 1 aliphatic heterocycles. The van der Waals surface area contributed by atoms with E-state index in [1.165, 1.54) is 5.56 Å². The fraction of sp³-hybridized carbons (Fsp3) is 0.500. The SMILES string of the molecule is CCc1ccccc1O[C@@H]1CCNC1. The molecule has 1 atom stereocenters. The lowest BCUT2D eigenvalue weighted by Crippen LogP contribution is -2.20. The number of para-hydroxylation sites is 1. The zero-order valence-corrected chi connectivity index (χ0v) is 8.62. The molecule has 1 aromatic carbocycles. The van der Waals surface area contributed by atoms with Gasteiger partial charge in [-0.3, -0.25) is 0 Å². The Labute approximate surface area is 85.3 Å². The summed E-state index contributed by atoms with van der Waals surface area (Å²) in [7, 11) is 0. The molecular weight excluding hydrogens is 174 g/mol. The first-order valence-corrected chi connectivity index (χ1v) is 5.35. The van der Waals surface area contributed by atoms with Gasteiger partial charge in [-0.05, 0) is 31.0 Å². The van der Waals surface area contributed by atoms with Gasteiger partial charge >= 0.3 is 0 Å². The van der Waals surface area contributed by atoms with E-state index in [1.54, 1.807) is 0 Å². The summed E-state index contributed by atoms with van der Waals surface area (Å²) in [6.07, 6.45) is 2.52. The van der Waals surface area contributed by atoms with E-state index in [0.717, 1.165) is 31.7 Å². The Morgan fingerprint density at radius 3 is 3.00 bits per heavy atom. The van der Waals surface area contributed by atoms with Gasteiger partial charge in [0, 0.05) is 6.54 Å². The first-order chi connectivity index (χ1) is 6.90. The van der Waals surface area contributed by atoms with Crippen molar-refractivity contribution in [2.24, 2.45) is 0 Å². The van der Waals surface area contributed by atoms with Crippen molar-refractivity contribution in [1.82, 2.24) is 5.32 Å². The third-order valence-corrected chi connectivity index (χ3v) is 2.66. The molecule has 0 amide bonds. The van der Waals surface area contributed by atoms with Crippen molar-refractivity contribution in [3.05, 3.63) is 29.8 Å². The molecule has 0 aliphatic carbocycles. The van der Waals surface area contributed by atoms with Gasteiger partial charge in [0.05, 0.1) is 0 Å². The van der Waals surface area contributed by atoms with Crippen LogP contribution in [0.1, 0.15) is 18.9 Å². The standard InChI is InChI=1S/C12H17NO/c1-2-10-5-3-4-6-12(10)14-11-7-8-13-9-11/h3-6,11,13H,2,7-9H2,1H3/t11-/m1/s1. The second-order valence-electron chi connectivity index (χ2n) is 3.69. The van der Waals surface area contributed by atoms with E-state index >= 15 is 0 Å². The maximum atomic E-state index is 5.93. The van der Waals surface area contributed by atoms with Crippen LogP contribution >= 0.6 is 0 Å². The molecule has 0 aromatic heterocycles. The molecule has 1 saturated heterocycles. The van der Waals surface area contributed by atoms with Gasteiger partial charge in [0.25, 0.3) is 0 Å². The predicted octanol–water partition coefficient (Wildman–Crippen LogP) is 1.99. The highest BCUT2D eigenvalue weighted by molar-refractivity contribution is 5.33. The average molecular weight is 191 g/mol. The number of rotatable bonds is 3. The quantitative estimate of drug-likeness (QED) is 0.789. The van der Waals surface area contributed by atoms with Crippen molar-refractivity contribution in [3.63, 3.8) is 0 Å². The van der Waals surface area contributed by atoms with Gasteiger partial charge < -0.3 is 10.1 Å². The Balaban J connectivity index is 2.07. The number of benzene rings is 1. The molecule has 2 nitrogen and oxygen atoms in total. The van der Waals surface area contributed by atoms with Crippen LogP contribution in [-0.2, 0) is 6.42 Å². The number of nitrogens with one attached hydrogen (secondary N) is 1. The number of ether oxygens (including phenoxy) is 1. The molecule has 0 saturated carbocycles. The highest BCUT2D eigenvalue weighted by Crippen LogP contribution is 2.21. The van der Waals surface area contributed by atoms with Crippen molar-refractivity contribution < 1.29 is 4.74 Å². The zero-order valence-electron chi connectivity index (χ0n) is 8.62. The van der Waals surface area contributed by atoms with E-state index in [-0.39, 0.29) is 0 Å². The Morgan fingerprint density at radius 2 is 2.29 bits per heavy atom. The summed E-state index contributed by atoms with van der Waals surface area (Å²) >= 11 is 0. The molecule has 1 aliphatic rings. The first kappa shape index (κ1) is 9.53. The molecule has 1 aromatic rings. The Kier molecular flexibility index (Phi) is 3.04. The smallest absolute Gasteiger partial charge is 0.122 e. The van der Waals surface area contributed by atoms with Crippen LogP contribution in [-0.4, -0.2) is 19.2 Å². The molecule has 0 spiro atoms. The summed E-state index contributed by atoms with van der Waals surface area (Å²) in [4.78, 5) is 0. The summed E-state index contributed by atoms with van der Waals surface area (Å²) in [6, 6.07) is 8.31. The van der Waals surface area contributed by atoms with Gasteiger partial charge in [0.15, 0.2) is 0 Å². The average Bonchev–Trinajstić information content (AvgIpc) is 2.71. The van der Waals surface area contributed by atoms with Crippen LogP contribution < -0.4 is 10.1 Å². The van der Waals surface area contributed by atoms with E-state index < -0.39 is 0 Å². The Hall–Kier alpha value is -1.02. The topological polar surface area (TPSA) is 21.3 Å². The van der Waals surface area contributed by atoms with Crippen LogP contribution in [0.25, 0.3) is 0 Å². The lowest BCUT2D eigenvalue weighted by molar-refractivity contribution is 0.221. The highest BCUT2D eigenvalue weighted by Gasteiger charge is 2.16. The summed E-state index contributed by atoms with van der Waals surface area (Å²) in [5.41, 5.74) is 1.31. The molecule has 2 rings (SSSR count). The van der Waals surface area contributed by atoms with Gasteiger partial charge in [-0.1, -0.05) is 25.1 Å². The number of hydrogen-bond donors (Lipinski definition) is 1. The minimum absolute atomic E-state index is 0.364. The highest BCUT2D eigenvalue weighted by atomic mass is 16.5. The maximum absolute atomic E-state index is 5.93. The third-order valence-electron chi connectivity index (χ3n) is 2.66. The monoisotopic (exact) mass is 191 g/mol. The van der Waals surface area contributed by atoms with Crippen molar-refractivity contribution in [2.45, 2.75) is 25.9 Å². The third kappa shape index (κ3) is 2.07. The molecule has 1 heterocycles. The molecule has 14 heavy (non-hydrogen) atoms. The van der Waals surface area contributed by atoms with Gasteiger partial charge in [-0.25, -0.2) is 0 Å². The van der Waals surface area contributed by atoms with Crippen LogP contribution in [0.2, 0.25) is 0 Å². The molecule has 2 heteroatoms. The lowest BCUT2D eigenvalue weighted by atomic mass is 10.1. The number of aryl methyl sites for hydroxylation is 1. The zero-order chi connectivity index (χ0) is 9.80. The second kappa shape index (κ2) is 4.47. The van der Waals surface area contributed by atoms with Crippen LogP contribution in [0.5, 0.6) is 5.75 Å². The van der Waals surface area contributed by atoms with E-state index in [0.29, 0.717) is 6.10 Å². The Bertz CT molecular complexity index is 292. The molecular formula is C12H17NO. The van der Waals surface area contributed by atoms with Gasteiger partial charge in [-0.2, -0.15) is 0 Å². The van der Waals surface area contributed by atoms with Crippen molar-refractivity contribution >= 4 is 0 Å². The van der Waals surface area contributed by atoms with E-state index in [2.05, 4.69) is 30.4 Å². The normalized spacial score (nSPS) is 21.1. The molecule has 0 radical (unpaired) electrons. The van der Waals surface area contributed by atoms with E-state index in [4.69, 9.17) is 4.74 Å². The first-order valence-electron chi connectivity index (χ1n) is 5.35. The summed E-state index contributed by atoms with van der Waals surface area (Å²) in [5, 5.41) is 3.31. The van der Waals surface area contributed by atoms with Crippen LogP contribution in [0.3, 0.4) is 0 Å². The summed E-state index contributed by atoms with van der Waals surface area (Å²) in [5.74, 6) is 1.06. The van der Waals surface area contributed by atoms with Gasteiger partial charge in [-0.15, -0.1) is 0 Å². The summed E-state index contributed by atoms with van der Waals surface area (Å²) < 4.78 is 5.93. The lowest BCUT2D eigenvalue weighted by Gasteiger charge is -2.15. The molecule has 1 fully saturated rings. The molecule has 1 N–H and O–H groups in total. The van der Waals surface area contributed by atoms with Crippen LogP contribution in [0.4, 0.5) is 0 Å². The Morgan fingerprint density at radius 1 is 1.43 bits per heavy atom. The predicted molar refractivity (Wildman–Crippen MR) is 57.7 cm³/mol. The number of hydrogen-bond acceptors (Lipinski definition) is 2. The van der Waals surface area contributed by atoms with Crippen molar-refractivity contribution in [1.29, 1.82) is 0 Å². The van der Waals surface area contributed by atoms with Crippen molar-refractivity contribution in [2.75, 3.05) is 13.1 Å². The van der Waals surface area contributed by atoms with Crippen LogP contribution in [0, 0.1) is 0 Å². The molecule has 0 unspecified atom stereocenters. The molecule has 0 bridgehead atoms. The minimum atomic E-state index is 0.364. The van der Waals surface area contributed by atoms with E-state index in [1.807, 2.05) is 6.07 Å². The van der Waals surface area contributed by atoms with Gasteiger partial charge in [0.1, 0.15) is 11.9 Å². The van der Waals surface area contributed by atoms with E-state index in [9.17, 15) is 0 Å². The fourth-order valence-corrected chi connectivity index (χ4v) is 1.82. The van der Waals surface area contributed by atoms with Crippen molar-refractivity contribution in [3.8, 4) is 5.75 Å². The van der Waals surface area contributed by atoms with Gasteiger partial charge in [0.2, 0.25) is 0 Å². The second-order valence-corrected chi connectivity index (χ2v) is 3.69. The fourth-order valence-electron chi connectivity index (χ4n) is 1.82. The minimum Gasteiger partial charge on any atom is -0.489 e. The molecule has 76 valence electrons. The van der Waals surface area contributed by atoms with Crippen LogP contribution in [0.15, 0.2) is 24.3 Å². The maximum Gasteiger partial charge on any atom is 0.122 e. The largest absolute Gasteiger partial charge is 0.489 e.